The highest BCUT2D eigenvalue weighted by molar-refractivity contribution is 6.30. The number of hydrogen-bond acceptors (Lipinski definition) is 4. The number of halogens is 1. The van der Waals surface area contributed by atoms with E-state index in [-0.39, 0.29) is 19.0 Å². The summed E-state index contributed by atoms with van der Waals surface area (Å²) in [6, 6.07) is 7.16. The van der Waals surface area contributed by atoms with Gasteiger partial charge in [-0.1, -0.05) is 23.7 Å². The third-order valence-corrected chi connectivity index (χ3v) is 2.92. The Morgan fingerprint density at radius 3 is 2.65 bits per heavy atom. The van der Waals surface area contributed by atoms with Crippen LogP contribution in [-0.4, -0.2) is 26.2 Å². The van der Waals surface area contributed by atoms with Crippen LogP contribution in [0.25, 0.3) is 12.2 Å². The maximum atomic E-state index is 10.8. The quantitative estimate of drug-likeness (QED) is 0.678. The second-order valence-electron chi connectivity index (χ2n) is 3.99. The van der Waals surface area contributed by atoms with Crippen molar-refractivity contribution in [1.29, 1.82) is 0 Å². The van der Waals surface area contributed by atoms with E-state index in [9.17, 15) is 10.1 Å². The lowest BCUT2D eigenvalue weighted by Crippen LogP contribution is -2.07. The van der Waals surface area contributed by atoms with Crippen molar-refractivity contribution in [1.82, 2.24) is 9.55 Å². The van der Waals surface area contributed by atoms with Gasteiger partial charge < -0.3 is 15.2 Å². The molecule has 20 heavy (non-hydrogen) atoms. The highest BCUT2D eigenvalue weighted by Crippen LogP contribution is 2.17. The Hall–Kier alpha value is -2.18. The highest BCUT2D eigenvalue weighted by atomic mass is 35.5. The Morgan fingerprint density at radius 2 is 2.05 bits per heavy atom. The predicted molar refractivity (Wildman–Crippen MR) is 76.3 cm³/mol. The lowest BCUT2D eigenvalue weighted by atomic mass is 10.2. The topological polar surface area (TPSA) is 81.2 Å². The van der Waals surface area contributed by atoms with E-state index in [2.05, 4.69) is 4.98 Å². The fourth-order valence-corrected chi connectivity index (χ4v) is 1.86. The lowest BCUT2D eigenvalue weighted by Gasteiger charge is -2.00. The van der Waals surface area contributed by atoms with Gasteiger partial charge in [-0.05, 0) is 28.7 Å². The van der Waals surface area contributed by atoms with Gasteiger partial charge in [0, 0.05) is 11.1 Å². The van der Waals surface area contributed by atoms with Crippen LogP contribution in [0.4, 0.5) is 5.82 Å². The minimum Gasteiger partial charge on any atom is -0.392 e. The van der Waals surface area contributed by atoms with Crippen molar-refractivity contribution >= 4 is 29.6 Å². The molecule has 2 rings (SSSR count). The van der Waals surface area contributed by atoms with Gasteiger partial charge in [-0.15, -0.1) is 0 Å². The molecule has 0 bridgehead atoms. The van der Waals surface area contributed by atoms with Gasteiger partial charge in [0.2, 0.25) is 5.82 Å². The minimum atomic E-state index is -0.526. The van der Waals surface area contributed by atoms with Crippen molar-refractivity contribution in [3.63, 3.8) is 0 Å². The monoisotopic (exact) mass is 293 g/mol. The number of aromatic nitrogens is 2. The molecular weight excluding hydrogens is 282 g/mol. The van der Waals surface area contributed by atoms with E-state index in [1.165, 1.54) is 10.8 Å². The third kappa shape index (κ3) is 3.23. The van der Waals surface area contributed by atoms with Gasteiger partial charge in [-0.3, -0.25) is 0 Å². The molecule has 0 aliphatic rings. The summed E-state index contributed by atoms with van der Waals surface area (Å²) in [5, 5.41) is 20.5. The Balaban J connectivity index is 2.28. The van der Waals surface area contributed by atoms with E-state index in [1.54, 1.807) is 24.3 Å². The minimum absolute atomic E-state index is 0.122. The van der Waals surface area contributed by atoms with Crippen LogP contribution in [0.3, 0.4) is 0 Å². The van der Waals surface area contributed by atoms with Crippen molar-refractivity contribution in [3.8, 4) is 0 Å². The third-order valence-electron chi connectivity index (χ3n) is 2.67. The maximum absolute atomic E-state index is 10.8. The predicted octanol–water partition coefficient (Wildman–Crippen LogP) is 2.61. The molecule has 1 aromatic carbocycles. The smallest absolute Gasteiger partial charge is 0.343 e. The molecule has 6 nitrogen and oxygen atoms in total. The molecule has 0 aliphatic carbocycles. The number of aliphatic hydroxyl groups excluding tert-OH is 1. The summed E-state index contributed by atoms with van der Waals surface area (Å²) in [4.78, 5) is 14.3. The summed E-state index contributed by atoms with van der Waals surface area (Å²) >= 11 is 5.79. The van der Waals surface area contributed by atoms with Crippen LogP contribution >= 0.6 is 11.6 Å². The van der Waals surface area contributed by atoms with Gasteiger partial charge >= 0.3 is 5.82 Å². The Kier molecular flexibility index (Phi) is 4.49. The zero-order chi connectivity index (χ0) is 14.5. The Morgan fingerprint density at radius 1 is 1.35 bits per heavy atom. The van der Waals surface area contributed by atoms with E-state index in [1.807, 2.05) is 12.1 Å². The average Bonchev–Trinajstić information content (AvgIpc) is 2.82. The number of benzene rings is 1. The van der Waals surface area contributed by atoms with Gasteiger partial charge in [0.15, 0.2) is 0 Å². The lowest BCUT2D eigenvalue weighted by molar-refractivity contribution is -0.392. The molecule has 0 fully saturated rings. The molecule has 0 saturated heterocycles. The zero-order valence-corrected chi connectivity index (χ0v) is 11.2. The van der Waals surface area contributed by atoms with Crippen LogP contribution in [0.2, 0.25) is 5.02 Å². The highest BCUT2D eigenvalue weighted by Gasteiger charge is 2.17. The summed E-state index contributed by atoms with van der Waals surface area (Å²) in [5.74, 6) is 0.274. The first kappa shape index (κ1) is 14.2. The Labute approximate surface area is 120 Å². The van der Waals surface area contributed by atoms with Gasteiger partial charge in [-0.25, -0.2) is 9.55 Å². The summed E-state index contributed by atoms with van der Waals surface area (Å²) in [6.07, 6.45) is 4.61. The van der Waals surface area contributed by atoms with E-state index in [0.29, 0.717) is 10.8 Å². The second kappa shape index (κ2) is 6.31. The maximum Gasteiger partial charge on any atom is 0.343 e. The van der Waals surface area contributed by atoms with Crippen LogP contribution in [0.5, 0.6) is 0 Å². The molecule has 7 heteroatoms. The van der Waals surface area contributed by atoms with Crippen LogP contribution < -0.4 is 0 Å². The molecule has 0 radical (unpaired) electrons. The summed E-state index contributed by atoms with van der Waals surface area (Å²) in [5.41, 5.74) is 0.899. The van der Waals surface area contributed by atoms with Gasteiger partial charge in [-0.2, -0.15) is 0 Å². The van der Waals surface area contributed by atoms with Crippen LogP contribution in [0, 0.1) is 10.1 Å². The largest absolute Gasteiger partial charge is 0.392 e. The van der Waals surface area contributed by atoms with Crippen LogP contribution in [0.15, 0.2) is 30.5 Å². The summed E-state index contributed by atoms with van der Waals surface area (Å²) < 4.78 is 1.35. The number of nitrogens with zero attached hydrogens (tertiary/aromatic N) is 3. The van der Waals surface area contributed by atoms with Gasteiger partial charge in [0.25, 0.3) is 0 Å². The van der Waals surface area contributed by atoms with E-state index in [0.717, 1.165) is 5.56 Å². The van der Waals surface area contributed by atoms with E-state index < -0.39 is 4.92 Å². The molecule has 0 saturated carbocycles. The standard InChI is InChI=1S/C13H12ClN3O3/c14-11-4-1-10(2-5-11)3-6-12-15-9-13(17(19)20)16(12)7-8-18/h1-6,9,18H,7-8H2/b6-3+. The molecule has 0 aliphatic heterocycles. The molecule has 104 valence electrons. The van der Waals surface area contributed by atoms with Crippen LogP contribution in [0.1, 0.15) is 11.4 Å². The molecule has 0 unspecified atom stereocenters. The average molecular weight is 294 g/mol. The molecule has 0 spiro atoms. The van der Waals surface area contributed by atoms with Gasteiger partial charge in [0.05, 0.1) is 6.61 Å². The fourth-order valence-electron chi connectivity index (χ4n) is 1.73. The molecule has 0 atom stereocenters. The number of rotatable bonds is 5. The fraction of sp³-hybridized carbons (Fsp3) is 0.154. The zero-order valence-electron chi connectivity index (χ0n) is 10.4. The van der Waals surface area contributed by atoms with Gasteiger partial charge in [0.1, 0.15) is 12.7 Å². The molecular formula is C13H12ClN3O3. The normalized spacial score (nSPS) is 11.1. The first-order valence-corrected chi connectivity index (χ1v) is 6.24. The van der Waals surface area contributed by atoms with Crippen molar-refractivity contribution in [2.75, 3.05) is 6.61 Å². The first-order valence-electron chi connectivity index (χ1n) is 5.86. The summed E-state index contributed by atoms with van der Waals surface area (Å²) in [7, 11) is 0. The number of hydrogen-bond donors (Lipinski definition) is 1. The number of aliphatic hydroxyl groups is 1. The molecule has 1 heterocycles. The molecule has 2 aromatic rings. The van der Waals surface area contributed by atoms with Crippen molar-refractivity contribution < 1.29 is 10.0 Å². The Bertz CT molecular complexity index is 635. The van der Waals surface area contributed by atoms with E-state index >= 15 is 0 Å². The number of nitro groups is 1. The SMILES string of the molecule is O=[N+]([O-])c1cnc(/C=C/c2ccc(Cl)cc2)n1CCO. The summed E-state index contributed by atoms with van der Waals surface area (Å²) in [6.45, 7) is -0.0738. The number of imidazole rings is 1. The van der Waals surface area contributed by atoms with Crippen molar-refractivity contribution in [2.45, 2.75) is 6.54 Å². The van der Waals surface area contributed by atoms with Crippen molar-refractivity contribution in [2.24, 2.45) is 0 Å². The first-order chi connectivity index (χ1) is 9.61. The molecule has 1 aromatic heterocycles. The molecule has 0 amide bonds. The van der Waals surface area contributed by atoms with Crippen molar-refractivity contribution in [3.05, 3.63) is 57.0 Å². The molecule has 1 N–H and O–H groups in total. The second-order valence-corrected chi connectivity index (χ2v) is 4.43. The van der Waals surface area contributed by atoms with Crippen LogP contribution in [-0.2, 0) is 6.54 Å². The van der Waals surface area contributed by atoms with E-state index in [4.69, 9.17) is 16.7 Å².